The molecule has 4 aromatic carbocycles. The summed E-state index contributed by atoms with van der Waals surface area (Å²) >= 11 is 135. The molecule has 0 saturated carbocycles. The van der Waals surface area contributed by atoms with Crippen LogP contribution >= 0.6 is 232 Å². The van der Waals surface area contributed by atoms with Gasteiger partial charge in [-0.2, -0.15) is 0 Å². The highest BCUT2D eigenvalue weighted by molar-refractivity contribution is 7.25. The lowest BCUT2D eigenvalue weighted by Crippen LogP contribution is -2.77. The van der Waals surface area contributed by atoms with E-state index < -0.39 is 8.07 Å². The first-order valence-electron chi connectivity index (χ1n) is 10.8. The average molecular weight is 1030 g/mol. The van der Waals surface area contributed by atoms with Gasteiger partial charge < -0.3 is 0 Å². The zero-order valence-electron chi connectivity index (χ0n) is 20.1. The highest BCUT2D eigenvalue weighted by Crippen LogP contribution is 2.49. The Morgan fingerprint density at radius 3 is 0.356 bits per heavy atom. The van der Waals surface area contributed by atoms with E-state index in [9.17, 15) is 0 Å². The van der Waals surface area contributed by atoms with Crippen LogP contribution in [0.15, 0.2) is 0 Å². The minimum atomic E-state index is -4.96. The standard InChI is InChI=1S/C24Cl20Si/c25-1-5(29)13(37)21(14(38)6(1)30)45(22-15(39)7(31)2(26)8(32)16(22)40,23-17(41)9(33)3(27)10(34)18(23)42)24-19(43)11(35)4(28)12(36)20(24)44. The molecule has 0 aliphatic heterocycles. The molecule has 0 radical (unpaired) electrons. The Kier molecular flexibility index (Phi) is 13.6. The van der Waals surface area contributed by atoms with E-state index in [0.717, 1.165) is 0 Å². The Morgan fingerprint density at radius 2 is 0.244 bits per heavy atom. The van der Waals surface area contributed by atoms with Crippen LogP contribution in [0.3, 0.4) is 0 Å². The van der Waals surface area contributed by atoms with Crippen LogP contribution in [-0.2, 0) is 0 Å². The van der Waals surface area contributed by atoms with Gasteiger partial charge in [-0.3, -0.25) is 0 Å². The van der Waals surface area contributed by atoms with E-state index >= 15 is 0 Å². The topological polar surface area (TPSA) is 0 Å². The predicted octanol–water partition coefficient (Wildman–Crippen LogP) is 16.1. The summed E-state index contributed by atoms with van der Waals surface area (Å²) in [5.74, 6) is 0. The third-order valence-corrected chi connectivity index (χ3v) is 21.7. The molecule has 0 aliphatic carbocycles. The fourth-order valence-corrected chi connectivity index (χ4v) is 18.2. The first-order chi connectivity index (χ1) is 20.7. The van der Waals surface area contributed by atoms with Crippen molar-refractivity contribution < 1.29 is 0 Å². The van der Waals surface area contributed by atoms with Gasteiger partial charge in [0.25, 0.3) is 0 Å². The van der Waals surface area contributed by atoms with Crippen molar-refractivity contribution in [3.05, 3.63) is 100 Å². The summed E-state index contributed by atoms with van der Waals surface area (Å²) in [4.78, 5) is 0. The molecule has 4 rings (SSSR count). The molecule has 0 aliphatic rings. The second-order valence-corrected chi connectivity index (χ2v) is 19.6. The summed E-state index contributed by atoms with van der Waals surface area (Å²) in [6, 6.07) is 0. The molecule has 0 aromatic heterocycles. The van der Waals surface area contributed by atoms with Gasteiger partial charge in [0, 0.05) is 0 Å². The van der Waals surface area contributed by atoms with E-state index in [0.29, 0.717) is 0 Å². The molecule has 0 N–H and O–H groups in total. The van der Waals surface area contributed by atoms with Crippen molar-refractivity contribution in [3.63, 3.8) is 0 Å². The zero-order valence-corrected chi connectivity index (χ0v) is 36.2. The predicted molar refractivity (Wildman–Crippen MR) is 210 cm³/mol. The van der Waals surface area contributed by atoms with Crippen molar-refractivity contribution in [3.8, 4) is 0 Å². The van der Waals surface area contributed by atoms with Crippen LogP contribution in [0.25, 0.3) is 0 Å². The van der Waals surface area contributed by atoms with E-state index in [-0.39, 0.29) is 121 Å². The fourth-order valence-electron chi connectivity index (χ4n) is 4.49. The quantitative estimate of drug-likeness (QED) is 0.0827. The third kappa shape index (κ3) is 6.26. The molecule has 0 saturated heterocycles. The van der Waals surface area contributed by atoms with Gasteiger partial charge in [0.2, 0.25) is 0 Å². The lowest BCUT2D eigenvalue weighted by Gasteiger charge is -2.40. The van der Waals surface area contributed by atoms with Crippen LogP contribution in [0.4, 0.5) is 0 Å². The lowest BCUT2D eigenvalue weighted by atomic mass is 10.3. The summed E-state index contributed by atoms with van der Waals surface area (Å²) in [5.41, 5.74) is 0. The van der Waals surface area contributed by atoms with Crippen molar-refractivity contribution in [2.24, 2.45) is 0 Å². The van der Waals surface area contributed by atoms with E-state index in [1.54, 1.807) is 0 Å². The zero-order chi connectivity index (χ0) is 34.4. The van der Waals surface area contributed by atoms with Crippen molar-refractivity contribution in [1.29, 1.82) is 0 Å². The Labute approximate surface area is 356 Å². The van der Waals surface area contributed by atoms with Crippen molar-refractivity contribution >= 4 is 261 Å². The molecule has 0 heterocycles. The number of benzene rings is 4. The molecule has 4 aromatic rings. The second-order valence-electron chi connectivity index (χ2n) is 8.53. The van der Waals surface area contributed by atoms with Crippen molar-refractivity contribution in [1.82, 2.24) is 0 Å². The summed E-state index contributed by atoms with van der Waals surface area (Å²) in [6.07, 6.45) is 0. The number of hydrogen-bond acceptors (Lipinski definition) is 0. The molecule has 0 amide bonds. The molecule has 0 atom stereocenters. The summed E-state index contributed by atoms with van der Waals surface area (Å²) in [5, 5.41) is -6.71. The molecule has 0 nitrogen and oxygen atoms in total. The number of hydrogen-bond donors (Lipinski definition) is 0. The van der Waals surface area contributed by atoms with Gasteiger partial charge in [-0.1, -0.05) is 232 Å². The van der Waals surface area contributed by atoms with Crippen molar-refractivity contribution in [2.75, 3.05) is 0 Å². The van der Waals surface area contributed by atoms with E-state index in [2.05, 4.69) is 0 Å². The maximum atomic E-state index is 7.00. The van der Waals surface area contributed by atoms with Crippen LogP contribution in [0, 0.1) is 0 Å². The molecular weight excluding hydrogens is 1030 g/mol. The van der Waals surface area contributed by atoms with E-state index in [1.165, 1.54) is 0 Å². The SMILES string of the molecule is Clc1c(Cl)c(Cl)c([Si](c2c(Cl)c(Cl)c(Cl)c(Cl)c2Cl)(c2c(Cl)c(Cl)c(Cl)c(Cl)c2Cl)c2c(Cl)c(Cl)c(Cl)c(Cl)c2Cl)c(Cl)c1Cl. The highest BCUT2D eigenvalue weighted by Gasteiger charge is 2.55. The van der Waals surface area contributed by atoms with Crippen LogP contribution in [-0.4, -0.2) is 8.07 Å². The van der Waals surface area contributed by atoms with E-state index in [1.807, 2.05) is 0 Å². The molecular formula is C24Cl20Si. The van der Waals surface area contributed by atoms with Gasteiger partial charge in [0.15, 0.2) is 8.07 Å². The first-order valence-corrected chi connectivity index (χ1v) is 20.3. The monoisotopic (exact) mass is 1020 g/mol. The first kappa shape index (κ1) is 40.7. The molecule has 45 heavy (non-hydrogen) atoms. The Balaban J connectivity index is 2.69. The maximum absolute atomic E-state index is 7.00. The van der Waals surface area contributed by atoms with Gasteiger partial charge in [0.05, 0.1) is 100 Å². The van der Waals surface area contributed by atoms with Crippen LogP contribution in [0.2, 0.25) is 100 Å². The normalized spacial score (nSPS) is 12.0. The molecule has 0 bridgehead atoms. The van der Waals surface area contributed by atoms with Crippen molar-refractivity contribution in [2.45, 2.75) is 0 Å². The largest absolute Gasteiger partial charge is 0.193 e. The number of rotatable bonds is 4. The van der Waals surface area contributed by atoms with Gasteiger partial charge in [-0.15, -0.1) is 0 Å². The van der Waals surface area contributed by atoms with Gasteiger partial charge >= 0.3 is 0 Å². The van der Waals surface area contributed by atoms with Gasteiger partial charge in [-0.05, 0) is 20.7 Å². The fraction of sp³-hybridized carbons (Fsp3) is 0. The third-order valence-electron chi connectivity index (χ3n) is 6.34. The van der Waals surface area contributed by atoms with Gasteiger partial charge in [-0.25, -0.2) is 0 Å². The maximum Gasteiger partial charge on any atom is 0.193 e. The summed E-state index contributed by atoms with van der Waals surface area (Å²) in [6.45, 7) is 0. The van der Waals surface area contributed by atoms with E-state index in [4.69, 9.17) is 232 Å². The van der Waals surface area contributed by atoms with Crippen LogP contribution < -0.4 is 20.7 Å². The summed E-state index contributed by atoms with van der Waals surface area (Å²) < 4.78 is 0. The summed E-state index contributed by atoms with van der Waals surface area (Å²) in [7, 11) is -4.96. The highest BCUT2D eigenvalue weighted by atomic mass is 35.5. The average Bonchev–Trinajstić information content (AvgIpc) is 3.00. The minimum absolute atomic E-state index is 0.181. The Bertz CT molecular complexity index is 1570. The van der Waals surface area contributed by atoms with Crippen LogP contribution in [0.5, 0.6) is 0 Å². The molecule has 240 valence electrons. The molecule has 21 heteroatoms. The number of halogens is 20. The lowest BCUT2D eigenvalue weighted by molar-refractivity contribution is 1.64. The molecule has 0 unspecified atom stereocenters. The Hall–Kier alpha value is 2.90. The molecule has 0 fully saturated rings. The Morgan fingerprint density at radius 1 is 0.156 bits per heavy atom. The molecule has 0 spiro atoms. The van der Waals surface area contributed by atoms with Gasteiger partial charge in [0.1, 0.15) is 0 Å². The minimum Gasteiger partial charge on any atom is -0.0827 e. The smallest absolute Gasteiger partial charge is 0.0827 e. The second kappa shape index (κ2) is 15.1. The van der Waals surface area contributed by atoms with Crippen LogP contribution in [0.1, 0.15) is 0 Å².